The number of carbonyl (C=O) groups excluding carboxylic acids is 2. The van der Waals surface area contributed by atoms with Crippen LogP contribution in [-0.4, -0.2) is 48.8 Å². The number of aromatic nitrogens is 2. The van der Waals surface area contributed by atoms with Gasteiger partial charge < -0.3 is 14.0 Å². The summed E-state index contributed by atoms with van der Waals surface area (Å²) < 4.78 is 12.2. The molecule has 166 valence electrons. The number of esters is 1. The maximum atomic E-state index is 13.8. The van der Waals surface area contributed by atoms with E-state index in [1.54, 1.807) is 13.2 Å². The van der Waals surface area contributed by atoms with Crippen molar-refractivity contribution in [2.75, 3.05) is 32.3 Å². The van der Waals surface area contributed by atoms with Crippen molar-refractivity contribution in [3.05, 3.63) is 59.2 Å². The van der Waals surface area contributed by atoms with E-state index < -0.39 is 5.41 Å². The SMILES string of the molecule is COCCn1c(N2CC[C@@]3(CCc4cc(C(=O)OC)ccc4C3)C2=O)nc2ccccc21. The number of aryl methyl sites for hydroxylation is 1. The summed E-state index contributed by atoms with van der Waals surface area (Å²) in [6.07, 6.45) is 3.05. The Hall–Kier alpha value is -3.19. The number of methoxy groups -OCH3 is 2. The molecule has 0 unspecified atom stereocenters. The Morgan fingerprint density at radius 1 is 1.12 bits per heavy atom. The molecule has 1 aliphatic carbocycles. The van der Waals surface area contributed by atoms with Crippen molar-refractivity contribution in [3.8, 4) is 0 Å². The van der Waals surface area contributed by atoms with Crippen molar-refractivity contribution in [3.63, 3.8) is 0 Å². The van der Waals surface area contributed by atoms with Gasteiger partial charge in [-0.15, -0.1) is 0 Å². The molecule has 5 rings (SSSR count). The first-order valence-corrected chi connectivity index (χ1v) is 11.0. The number of para-hydroxylation sites is 2. The fourth-order valence-corrected chi connectivity index (χ4v) is 5.18. The normalized spacial score (nSPS) is 20.2. The predicted molar refractivity (Wildman–Crippen MR) is 121 cm³/mol. The first-order chi connectivity index (χ1) is 15.6. The van der Waals surface area contributed by atoms with Crippen LogP contribution >= 0.6 is 0 Å². The van der Waals surface area contributed by atoms with E-state index in [-0.39, 0.29) is 11.9 Å². The fraction of sp³-hybridized carbons (Fsp3) is 0.400. The van der Waals surface area contributed by atoms with Gasteiger partial charge in [-0.2, -0.15) is 0 Å². The highest BCUT2D eigenvalue weighted by molar-refractivity contribution is 6.00. The molecule has 1 fully saturated rings. The third-order valence-electron chi connectivity index (χ3n) is 6.94. The molecule has 1 saturated heterocycles. The van der Waals surface area contributed by atoms with Gasteiger partial charge in [0.15, 0.2) is 0 Å². The summed E-state index contributed by atoms with van der Waals surface area (Å²) in [5.74, 6) is 0.525. The summed E-state index contributed by atoms with van der Waals surface area (Å²) >= 11 is 0. The number of imidazole rings is 1. The monoisotopic (exact) mass is 433 g/mol. The van der Waals surface area contributed by atoms with Gasteiger partial charge in [0.25, 0.3) is 0 Å². The Bertz CT molecular complexity index is 1200. The minimum Gasteiger partial charge on any atom is -0.465 e. The van der Waals surface area contributed by atoms with Crippen LogP contribution in [-0.2, 0) is 33.7 Å². The zero-order valence-electron chi connectivity index (χ0n) is 18.5. The lowest BCUT2D eigenvalue weighted by Crippen LogP contribution is -2.39. The summed E-state index contributed by atoms with van der Waals surface area (Å²) in [5.41, 5.74) is 4.33. The maximum absolute atomic E-state index is 13.8. The van der Waals surface area contributed by atoms with Crippen LogP contribution in [0.5, 0.6) is 0 Å². The molecule has 7 heteroatoms. The van der Waals surface area contributed by atoms with Crippen LogP contribution in [0.2, 0.25) is 0 Å². The number of ether oxygens (including phenoxy) is 2. The van der Waals surface area contributed by atoms with E-state index in [0.29, 0.717) is 37.6 Å². The molecule has 2 aliphatic rings. The van der Waals surface area contributed by atoms with Gasteiger partial charge in [0.05, 0.1) is 35.7 Å². The molecule has 2 aromatic carbocycles. The smallest absolute Gasteiger partial charge is 0.337 e. The standard InChI is InChI=1S/C25H27N3O4/c1-31-14-13-27-21-6-4-3-5-20(21)26-24(27)28-12-11-25(23(28)30)10-9-17-15-18(22(29)32-2)7-8-19(17)16-25/h3-8,15H,9-14,16H2,1-2H3/t25-/m1/s1. The topological polar surface area (TPSA) is 73.7 Å². The third-order valence-corrected chi connectivity index (χ3v) is 6.94. The summed E-state index contributed by atoms with van der Waals surface area (Å²) in [6, 6.07) is 13.7. The summed E-state index contributed by atoms with van der Waals surface area (Å²) in [4.78, 5) is 32.4. The zero-order valence-corrected chi connectivity index (χ0v) is 18.5. The van der Waals surface area contributed by atoms with Gasteiger partial charge in [0.2, 0.25) is 11.9 Å². The summed E-state index contributed by atoms with van der Waals surface area (Å²) in [6.45, 7) is 1.85. The number of nitrogens with zero attached hydrogens (tertiary/aromatic N) is 3. The molecule has 1 spiro atoms. The van der Waals surface area contributed by atoms with Crippen LogP contribution < -0.4 is 4.90 Å². The molecule has 0 saturated carbocycles. The number of rotatable bonds is 5. The number of hydrogen-bond acceptors (Lipinski definition) is 5. The van der Waals surface area contributed by atoms with Crippen molar-refractivity contribution >= 4 is 28.9 Å². The quantitative estimate of drug-likeness (QED) is 0.577. The minimum atomic E-state index is -0.413. The number of fused-ring (bicyclic) bond motifs is 2. The largest absolute Gasteiger partial charge is 0.465 e. The Balaban J connectivity index is 1.45. The van der Waals surface area contributed by atoms with Crippen molar-refractivity contribution in [2.24, 2.45) is 5.41 Å². The average Bonchev–Trinajstić information content (AvgIpc) is 3.34. The predicted octanol–water partition coefficient (Wildman–Crippen LogP) is 3.38. The van der Waals surface area contributed by atoms with E-state index in [1.165, 1.54) is 7.11 Å². The van der Waals surface area contributed by atoms with Gasteiger partial charge in [-0.05, 0) is 61.1 Å². The number of amides is 1. The number of benzene rings is 2. The molecule has 1 atom stereocenters. The van der Waals surface area contributed by atoms with Gasteiger partial charge in [0.1, 0.15) is 0 Å². The molecular formula is C25H27N3O4. The molecule has 0 N–H and O–H groups in total. The van der Waals surface area contributed by atoms with Gasteiger partial charge >= 0.3 is 5.97 Å². The van der Waals surface area contributed by atoms with Gasteiger partial charge in [-0.25, -0.2) is 9.78 Å². The molecule has 7 nitrogen and oxygen atoms in total. The highest BCUT2D eigenvalue weighted by atomic mass is 16.5. The molecule has 0 radical (unpaired) electrons. The summed E-state index contributed by atoms with van der Waals surface area (Å²) in [5, 5.41) is 0. The molecule has 0 bridgehead atoms. The average molecular weight is 434 g/mol. The highest BCUT2D eigenvalue weighted by Gasteiger charge is 2.49. The van der Waals surface area contributed by atoms with Crippen LogP contribution in [0.4, 0.5) is 5.95 Å². The van der Waals surface area contributed by atoms with Crippen molar-refractivity contribution in [2.45, 2.75) is 32.2 Å². The van der Waals surface area contributed by atoms with E-state index in [1.807, 2.05) is 41.3 Å². The highest BCUT2D eigenvalue weighted by Crippen LogP contribution is 2.45. The van der Waals surface area contributed by atoms with Gasteiger partial charge in [-0.3, -0.25) is 9.69 Å². The number of hydrogen-bond donors (Lipinski definition) is 0. The minimum absolute atomic E-state index is 0.147. The van der Waals surface area contributed by atoms with E-state index >= 15 is 0 Å². The van der Waals surface area contributed by atoms with E-state index in [4.69, 9.17) is 14.5 Å². The first-order valence-electron chi connectivity index (χ1n) is 11.0. The van der Waals surface area contributed by atoms with Crippen LogP contribution in [0.25, 0.3) is 11.0 Å². The van der Waals surface area contributed by atoms with E-state index in [0.717, 1.165) is 41.4 Å². The molecular weight excluding hydrogens is 406 g/mol. The molecule has 32 heavy (non-hydrogen) atoms. The van der Waals surface area contributed by atoms with Gasteiger partial charge in [0, 0.05) is 20.2 Å². The second kappa shape index (κ2) is 8.06. The van der Waals surface area contributed by atoms with E-state index in [2.05, 4.69) is 4.57 Å². The van der Waals surface area contributed by atoms with Crippen molar-refractivity contribution in [1.29, 1.82) is 0 Å². The van der Waals surface area contributed by atoms with Crippen molar-refractivity contribution < 1.29 is 19.1 Å². The maximum Gasteiger partial charge on any atom is 0.337 e. The second-order valence-corrected chi connectivity index (χ2v) is 8.68. The number of anilines is 1. The number of carbonyl (C=O) groups is 2. The Labute approximate surface area is 186 Å². The lowest BCUT2D eigenvalue weighted by molar-refractivity contribution is -0.126. The molecule has 3 aromatic rings. The van der Waals surface area contributed by atoms with Crippen LogP contribution in [0.3, 0.4) is 0 Å². The Morgan fingerprint density at radius 3 is 2.78 bits per heavy atom. The van der Waals surface area contributed by atoms with Crippen LogP contribution in [0.15, 0.2) is 42.5 Å². The third kappa shape index (κ3) is 3.28. The lowest BCUT2D eigenvalue weighted by atomic mass is 9.70. The molecule has 1 amide bonds. The first kappa shape index (κ1) is 20.7. The van der Waals surface area contributed by atoms with Gasteiger partial charge in [-0.1, -0.05) is 18.2 Å². The second-order valence-electron chi connectivity index (χ2n) is 8.68. The lowest BCUT2D eigenvalue weighted by Gasteiger charge is -2.33. The molecule has 1 aliphatic heterocycles. The van der Waals surface area contributed by atoms with Crippen LogP contribution in [0.1, 0.15) is 34.3 Å². The van der Waals surface area contributed by atoms with E-state index in [9.17, 15) is 9.59 Å². The molecule has 2 heterocycles. The fourth-order valence-electron chi connectivity index (χ4n) is 5.18. The zero-order chi connectivity index (χ0) is 22.3. The molecule has 1 aromatic heterocycles. The summed E-state index contributed by atoms with van der Waals surface area (Å²) in [7, 11) is 3.07. The Morgan fingerprint density at radius 2 is 1.97 bits per heavy atom. The Kier molecular flexibility index (Phi) is 5.21. The van der Waals surface area contributed by atoms with Crippen molar-refractivity contribution in [1.82, 2.24) is 9.55 Å². The van der Waals surface area contributed by atoms with Crippen LogP contribution in [0, 0.1) is 5.41 Å².